The van der Waals surface area contributed by atoms with Crippen molar-refractivity contribution in [2.24, 2.45) is 5.92 Å². The van der Waals surface area contributed by atoms with Crippen molar-refractivity contribution in [1.29, 1.82) is 0 Å². The van der Waals surface area contributed by atoms with Crippen molar-refractivity contribution in [1.82, 2.24) is 10.2 Å². The number of nitrogens with zero attached hydrogens (tertiary/aromatic N) is 1. The molecule has 1 atom stereocenters. The van der Waals surface area contributed by atoms with Gasteiger partial charge in [-0.1, -0.05) is 12.8 Å². The number of hydrogen-bond acceptors (Lipinski definition) is 2. The van der Waals surface area contributed by atoms with Gasteiger partial charge in [0.1, 0.15) is 0 Å². The van der Waals surface area contributed by atoms with Gasteiger partial charge in [0.2, 0.25) is 5.91 Å². The van der Waals surface area contributed by atoms with Crippen LogP contribution in [0.15, 0.2) is 0 Å². The van der Waals surface area contributed by atoms with Crippen LogP contribution < -0.4 is 5.32 Å². The van der Waals surface area contributed by atoms with Gasteiger partial charge >= 0.3 is 0 Å². The van der Waals surface area contributed by atoms with Crippen LogP contribution in [-0.4, -0.2) is 37.0 Å². The maximum absolute atomic E-state index is 12.0. The van der Waals surface area contributed by atoms with Crippen LogP contribution in [0.2, 0.25) is 0 Å². The first kappa shape index (κ1) is 10.9. The van der Waals surface area contributed by atoms with Crippen LogP contribution in [0.1, 0.15) is 38.5 Å². The molecule has 0 radical (unpaired) electrons. The lowest BCUT2D eigenvalue weighted by molar-refractivity contribution is -0.133. The number of likely N-dealkylation sites (N-methyl/N-ethyl adjacent to an activating group) is 1. The third kappa shape index (κ3) is 2.71. The predicted molar refractivity (Wildman–Crippen MR) is 60.6 cm³/mol. The van der Waals surface area contributed by atoms with Crippen molar-refractivity contribution < 1.29 is 4.79 Å². The van der Waals surface area contributed by atoms with Crippen molar-refractivity contribution >= 4 is 5.91 Å². The molecule has 1 N–H and O–H groups in total. The van der Waals surface area contributed by atoms with Crippen LogP contribution in [0.25, 0.3) is 0 Å². The molecule has 1 aliphatic carbocycles. The molecule has 1 aliphatic heterocycles. The van der Waals surface area contributed by atoms with Crippen LogP contribution in [0.4, 0.5) is 0 Å². The van der Waals surface area contributed by atoms with Gasteiger partial charge in [0.25, 0.3) is 0 Å². The van der Waals surface area contributed by atoms with Gasteiger partial charge in [0.05, 0.1) is 6.04 Å². The average Bonchev–Trinajstić information content (AvgIpc) is 2.23. The van der Waals surface area contributed by atoms with E-state index in [1.807, 2.05) is 11.9 Å². The fourth-order valence-electron chi connectivity index (χ4n) is 2.48. The summed E-state index contributed by atoms with van der Waals surface area (Å²) in [6.45, 7) is 1.98. The molecule has 0 bridgehead atoms. The second-order valence-electron chi connectivity index (χ2n) is 5.02. The SMILES string of the molecule is CN(CC1CCC1)C(=O)[C@@H]1CCCCN1. The molecule has 0 aromatic heterocycles. The summed E-state index contributed by atoms with van der Waals surface area (Å²) in [5.41, 5.74) is 0. The van der Waals surface area contributed by atoms with Crippen molar-refractivity contribution in [3.05, 3.63) is 0 Å². The molecule has 3 heteroatoms. The zero-order valence-corrected chi connectivity index (χ0v) is 9.67. The number of rotatable bonds is 3. The van der Waals surface area contributed by atoms with Gasteiger partial charge in [-0.05, 0) is 38.1 Å². The highest BCUT2D eigenvalue weighted by molar-refractivity contribution is 5.81. The lowest BCUT2D eigenvalue weighted by Gasteiger charge is -2.33. The van der Waals surface area contributed by atoms with Crippen LogP contribution in [0, 0.1) is 5.92 Å². The van der Waals surface area contributed by atoms with E-state index in [1.165, 1.54) is 32.1 Å². The summed E-state index contributed by atoms with van der Waals surface area (Å²) in [7, 11) is 1.96. The number of nitrogens with one attached hydrogen (secondary N) is 1. The van der Waals surface area contributed by atoms with E-state index < -0.39 is 0 Å². The van der Waals surface area contributed by atoms with E-state index >= 15 is 0 Å². The smallest absolute Gasteiger partial charge is 0.239 e. The Balaban J connectivity index is 1.77. The molecule has 1 saturated carbocycles. The van der Waals surface area contributed by atoms with Crippen molar-refractivity contribution in [2.45, 2.75) is 44.6 Å². The maximum Gasteiger partial charge on any atom is 0.239 e. The molecule has 0 spiro atoms. The van der Waals surface area contributed by atoms with Gasteiger partial charge < -0.3 is 10.2 Å². The Bertz CT molecular complexity index is 220. The molecule has 2 fully saturated rings. The fourth-order valence-corrected chi connectivity index (χ4v) is 2.48. The third-order valence-corrected chi connectivity index (χ3v) is 3.74. The lowest BCUT2D eigenvalue weighted by Crippen LogP contribution is -2.48. The molecule has 1 heterocycles. The molecule has 1 amide bonds. The summed E-state index contributed by atoms with van der Waals surface area (Å²) in [5, 5.41) is 3.32. The first-order valence-corrected chi connectivity index (χ1v) is 6.26. The van der Waals surface area contributed by atoms with E-state index in [9.17, 15) is 4.79 Å². The third-order valence-electron chi connectivity index (χ3n) is 3.74. The summed E-state index contributed by atoms with van der Waals surface area (Å²) in [6, 6.07) is 0.101. The van der Waals surface area contributed by atoms with Crippen molar-refractivity contribution in [3.63, 3.8) is 0 Å². The number of hydrogen-bond donors (Lipinski definition) is 1. The Morgan fingerprint density at radius 1 is 1.27 bits per heavy atom. The highest BCUT2D eigenvalue weighted by Crippen LogP contribution is 2.27. The summed E-state index contributed by atoms with van der Waals surface area (Å²) in [5.74, 6) is 1.09. The van der Waals surface area contributed by atoms with E-state index in [4.69, 9.17) is 0 Å². The molecule has 0 unspecified atom stereocenters. The van der Waals surface area contributed by atoms with Crippen molar-refractivity contribution in [3.8, 4) is 0 Å². The fraction of sp³-hybridized carbons (Fsp3) is 0.917. The van der Waals surface area contributed by atoms with E-state index in [1.54, 1.807) is 0 Å². The largest absolute Gasteiger partial charge is 0.344 e. The second kappa shape index (κ2) is 4.97. The standard InChI is InChI=1S/C12H22N2O/c1-14(9-10-5-4-6-10)12(15)11-7-2-3-8-13-11/h10-11,13H,2-9H2,1H3/t11-/m0/s1. The number of carbonyl (C=O) groups excluding carboxylic acids is 1. The molecule has 3 nitrogen and oxygen atoms in total. The van der Waals surface area contributed by atoms with Gasteiger partial charge in [-0.3, -0.25) is 4.79 Å². The highest BCUT2D eigenvalue weighted by Gasteiger charge is 2.26. The monoisotopic (exact) mass is 210 g/mol. The molecule has 15 heavy (non-hydrogen) atoms. The Morgan fingerprint density at radius 3 is 2.60 bits per heavy atom. The topological polar surface area (TPSA) is 32.3 Å². The minimum absolute atomic E-state index is 0.101. The molecule has 0 aromatic rings. The Labute approximate surface area is 92.2 Å². The maximum atomic E-state index is 12.0. The second-order valence-corrected chi connectivity index (χ2v) is 5.02. The summed E-state index contributed by atoms with van der Waals surface area (Å²) >= 11 is 0. The van der Waals surface area contributed by atoms with E-state index in [0.717, 1.165) is 25.4 Å². The molecule has 1 saturated heterocycles. The van der Waals surface area contributed by atoms with Gasteiger partial charge in [-0.2, -0.15) is 0 Å². The predicted octanol–water partition coefficient (Wildman–Crippen LogP) is 1.39. The van der Waals surface area contributed by atoms with E-state index in [-0.39, 0.29) is 6.04 Å². The molecule has 86 valence electrons. The normalized spacial score (nSPS) is 27.1. The number of amides is 1. The molecule has 0 aromatic carbocycles. The molecular formula is C12H22N2O. The zero-order chi connectivity index (χ0) is 10.7. The summed E-state index contributed by atoms with van der Waals surface area (Å²) in [4.78, 5) is 14.0. The number of carbonyl (C=O) groups is 1. The first-order chi connectivity index (χ1) is 7.27. The minimum Gasteiger partial charge on any atom is -0.344 e. The molecule has 2 aliphatic rings. The van der Waals surface area contributed by atoms with Crippen LogP contribution in [0.3, 0.4) is 0 Å². The Hall–Kier alpha value is -0.570. The highest BCUT2D eigenvalue weighted by atomic mass is 16.2. The van der Waals surface area contributed by atoms with Crippen LogP contribution >= 0.6 is 0 Å². The van der Waals surface area contributed by atoms with Crippen LogP contribution in [0.5, 0.6) is 0 Å². The average molecular weight is 210 g/mol. The number of piperidine rings is 1. The molecule has 2 rings (SSSR count). The van der Waals surface area contributed by atoms with Gasteiger partial charge in [-0.25, -0.2) is 0 Å². The minimum atomic E-state index is 0.101. The quantitative estimate of drug-likeness (QED) is 0.763. The summed E-state index contributed by atoms with van der Waals surface area (Å²) < 4.78 is 0. The van der Waals surface area contributed by atoms with Crippen molar-refractivity contribution in [2.75, 3.05) is 20.1 Å². The first-order valence-electron chi connectivity index (χ1n) is 6.26. The zero-order valence-electron chi connectivity index (χ0n) is 9.67. The lowest BCUT2D eigenvalue weighted by atomic mass is 9.85. The van der Waals surface area contributed by atoms with Crippen LogP contribution in [-0.2, 0) is 4.79 Å². The van der Waals surface area contributed by atoms with E-state index in [0.29, 0.717) is 5.91 Å². The Kier molecular flexibility index (Phi) is 3.62. The van der Waals surface area contributed by atoms with Gasteiger partial charge in [0.15, 0.2) is 0 Å². The Morgan fingerprint density at radius 2 is 2.07 bits per heavy atom. The molecular weight excluding hydrogens is 188 g/mol. The van der Waals surface area contributed by atoms with Gasteiger partial charge in [-0.15, -0.1) is 0 Å². The summed E-state index contributed by atoms with van der Waals surface area (Å²) in [6.07, 6.45) is 7.42. The van der Waals surface area contributed by atoms with Gasteiger partial charge in [0, 0.05) is 13.6 Å². The van der Waals surface area contributed by atoms with E-state index in [2.05, 4.69) is 5.32 Å².